The van der Waals surface area contributed by atoms with Crippen molar-refractivity contribution in [2.75, 3.05) is 7.05 Å². The van der Waals surface area contributed by atoms with Gasteiger partial charge in [-0.05, 0) is 18.2 Å². The Morgan fingerprint density at radius 3 is 1.56 bits per heavy atom. The minimum absolute atomic E-state index is 0.187. The van der Waals surface area contributed by atoms with Gasteiger partial charge in [-0.3, -0.25) is 5.43 Å². The second-order valence-electron chi connectivity index (χ2n) is 3.65. The largest absolute Gasteiger partial charge is 0.260 e. The van der Waals surface area contributed by atoms with E-state index in [0.717, 1.165) is 0 Å². The standard InChI is InChI=1S/C14H16N2/c1-15-16-14(12-8-4-2-5-9-12)13-10-6-3-7-11-13/h2-11,14-16H,1H3. The molecule has 2 nitrogen and oxygen atoms in total. The smallest absolute Gasteiger partial charge is 0.0712 e. The molecule has 2 heteroatoms. The fraction of sp³-hybridized carbons (Fsp3) is 0.143. The topological polar surface area (TPSA) is 24.1 Å². The van der Waals surface area contributed by atoms with Gasteiger partial charge >= 0.3 is 0 Å². The maximum Gasteiger partial charge on any atom is 0.0712 e. The Balaban J connectivity index is 2.31. The molecular formula is C14H16N2. The molecular weight excluding hydrogens is 196 g/mol. The Hall–Kier alpha value is -1.64. The highest BCUT2D eigenvalue weighted by atomic mass is 15.3. The molecule has 0 radical (unpaired) electrons. The van der Waals surface area contributed by atoms with E-state index in [0.29, 0.717) is 0 Å². The molecule has 0 amide bonds. The van der Waals surface area contributed by atoms with Gasteiger partial charge in [-0.1, -0.05) is 60.7 Å². The van der Waals surface area contributed by atoms with Crippen LogP contribution < -0.4 is 10.9 Å². The molecule has 82 valence electrons. The Morgan fingerprint density at radius 2 is 1.19 bits per heavy atom. The van der Waals surface area contributed by atoms with Crippen LogP contribution in [0, 0.1) is 0 Å². The molecule has 0 saturated heterocycles. The first-order chi connectivity index (χ1) is 7.92. The van der Waals surface area contributed by atoms with Crippen molar-refractivity contribution in [3.05, 3.63) is 71.8 Å². The minimum atomic E-state index is 0.187. The zero-order chi connectivity index (χ0) is 11.2. The summed E-state index contributed by atoms with van der Waals surface area (Å²) in [7, 11) is 1.89. The predicted octanol–water partition coefficient (Wildman–Crippen LogP) is 2.50. The van der Waals surface area contributed by atoms with E-state index in [1.54, 1.807) is 0 Å². The zero-order valence-corrected chi connectivity index (χ0v) is 9.35. The van der Waals surface area contributed by atoms with Gasteiger partial charge in [0.15, 0.2) is 0 Å². The van der Waals surface area contributed by atoms with Crippen molar-refractivity contribution in [1.29, 1.82) is 0 Å². The van der Waals surface area contributed by atoms with E-state index in [1.807, 2.05) is 19.2 Å². The molecule has 2 aromatic rings. The van der Waals surface area contributed by atoms with Gasteiger partial charge < -0.3 is 0 Å². The van der Waals surface area contributed by atoms with Crippen LogP contribution in [0.1, 0.15) is 17.2 Å². The lowest BCUT2D eigenvalue weighted by Crippen LogP contribution is -2.32. The summed E-state index contributed by atoms with van der Waals surface area (Å²) in [4.78, 5) is 0. The van der Waals surface area contributed by atoms with Crippen LogP contribution in [0.2, 0.25) is 0 Å². The summed E-state index contributed by atoms with van der Waals surface area (Å²) in [6.07, 6.45) is 0. The van der Waals surface area contributed by atoms with Crippen LogP contribution in [-0.4, -0.2) is 7.05 Å². The Morgan fingerprint density at radius 1 is 0.750 bits per heavy atom. The number of hydrogen-bond donors (Lipinski definition) is 2. The number of benzene rings is 2. The normalized spacial score (nSPS) is 10.6. The van der Waals surface area contributed by atoms with Crippen molar-refractivity contribution >= 4 is 0 Å². The summed E-state index contributed by atoms with van der Waals surface area (Å²) >= 11 is 0. The highest BCUT2D eigenvalue weighted by molar-refractivity contribution is 5.31. The fourth-order valence-electron chi connectivity index (χ4n) is 1.79. The molecule has 0 atom stereocenters. The fourth-order valence-corrected chi connectivity index (χ4v) is 1.79. The second kappa shape index (κ2) is 5.45. The average molecular weight is 212 g/mol. The van der Waals surface area contributed by atoms with E-state index in [2.05, 4.69) is 59.4 Å². The summed E-state index contributed by atoms with van der Waals surface area (Å²) in [5, 5.41) is 0. The molecule has 0 saturated carbocycles. The zero-order valence-electron chi connectivity index (χ0n) is 9.35. The quantitative estimate of drug-likeness (QED) is 0.761. The minimum Gasteiger partial charge on any atom is -0.260 e. The van der Waals surface area contributed by atoms with Crippen LogP contribution in [0.3, 0.4) is 0 Å². The van der Waals surface area contributed by atoms with E-state index in [9.17, 15) is 0 Å². The predicted molar refractivity (Wildman–Crippen MR) is 66.9 cm³/mol. The molecule has 0 aliphatic rings. The summed E-state index contributed by atoms with van der Waals surface area (Å²) in [5.74, 6) is 0. The van der Waals surface area contributed by atoms with E-state index in [1.165, 1.54) is 11.1 Å². The SMILES string of the molecule is CNNC(c1ccccc1)c1ccccc1. The lowest BCUT2D eigenvalue weighted by Gasteiger charge is -2.18. The van der Waals surface area contributed by atoms with Crippen LogP contribution in [0.4, 0.5) is 0 Å². The van der Waals surface area contributed by atoms with Gasteiger partial charge in [0.2, 0.25) is 0 Å². The van der Waals surface area contributed by atoms with Gasteiger partial charge in [0, 0.05) is 0 Å². The molecule has 0 spiro atoms. The van der Waals surface area contributed by atoms with Gasteiger partial charge in [0.05, 0.1) is 6.04 Å². The lowest BCUT2D eigenvalue weighted by atomic mass is 10.00. The lowest BCUT2D eigenvalue weighted by molar-refractivity contribution is 0.530. The van der Waals surface area contributed by atoms with Gasteiger partial charge in [-0.25, -0.2) is 5.43 Å². The summed E-state index contributed by atoms with van der Waals surface area (Å²) < 4.78 is 0. The number of hydrazine groups is 1. The molecule has 2 N–H and O–H groups in total. The molecule has 0 fully saturated rings. The molecule has 0 unspecified atom stereocenters. The highest BCUT2D eigenvalue weighted by Crippen LogP contribution is 2.20. The van der Waals surface area contributed by atoms with Gasteiger partial charge in [0.25, 0.3) is 0 Å². The first-order valence-corrected chi connectivity index (χ1v) is 5.44. The third kappa shape index (κ3) is 2.48. The maximum absolute atomic E-state index is 3.27. The molecule has 0 heterocycles. The van der Waals surface area contributed by atoms with Gasteiger partial charge in [-0.2, -0.15) is 0 Å². The first kappa shape index (κ1) is 10.9. The Labute approximate surface area is 96.3 Å². The maximum atomic E-state index is 3.27. The number of nitrogens with one attached hydrogen (secondary N) is 2. The second-order valence-corrected chi connectivity index (χ2v) is 3.65. The van der Waals surface area contributed by atoms with Crippen LogP contribution in [0.5, 0.6) is 0 Å². The number of rotatable bonds is 4. The Kier molecular flexibility index (Phi) is 3.70. The van der Waals surface area contributed by atoms with Crippen LogP contribution in [0.15, 0.2) is 60.7 Å². The third-order valence-electron chi connectivity index (χ3n) is 2.55. The van der Waals surface area contributed by atoms with Crippen molar-refractivity contribution in [3.63, 3.8) is 0 Å². The van der Waals surface area contributed by atoms with Crippen LogP contribution in [-0.2, 0) is 0 Å². The highest BCUT2D eigenvalue weighted by Gasteiger charge is 2.11. The number of hydrogen-bond acceptors (Lipinski definition) is 2. The molecule has 2 rings (SSSR count). The van der Waals surface area contributed by atoms with Gasteiger partial charge in [-0.15, -0.1) is 0 Å². The van der Waals surface area contributed by atoms with Crippen LogP contribution >= 0.6 is 0 Å². The van der Waals surface area contributed by atoms with Crippen molar-refractivity contribution in [2.24, 2.45) is 0 Å². The molecule has 0 aliphatic carbocycles. The molecule has 16 heavy (non-hydrogen) atoms. The first-order valence-electron chi connectivity index (χ1n) is 5.44. The van der Waals surface area contributed by atoms with Crippen molar-refractivity contribution < 1.29 is 0 Å². The Bertz CT molecular complexity index is 372. The van der Waals surface area contributed by atoms with Crippen molar-refractivity contribution in [2.45, 2.75) is 6.04 Å². The van der Waals surface area contributed by atoms with E-state index in [4.69, 9.17) is 0 Å². The summed E-state index contributed by atoms with van der Waals surface area (Å²) in [6, 6.07) is 21.0. The molecule has 0 bridgehead atoms. The molecule has 0 aliphatic heterocycles. The average Bonchev–Trinajstić information content (AvgIpc) is 2.38. The van der Waals surface area contributed by atoms with E-state index in [-0.39, 0.29) is 6.04 Å². The van der Waals surface area contributed by atoms with E-state index < -0.39 is 0 Å². The van der Waals surface area contributed by atoms with Crippen molar-refractivity contribution in [3.8, 4) is 0 Å². The van der Waals surface area contributed by atoms with Crippen molar-refractivity contribution in [1.82, 2.24) is 10.9 Å². The third-order valence-corrected chi connectivity index (χ3v) is 2.55. The summed E-state index contributed by atoms with van der Waals surface area (Å²) in [5.41, 5.74) is 8.79. The van der Waals surface area contributed by atoms with E-state index >= 15 is 0 Å². The molecule has 0 aromatic heterocycles. The van der Waals surface area contributed by atoms with Crippen LogP contribution in [0.25, 0.3) is 0 Å². The monoisotopic (exact) mass is 212 g/mol. The van der Waals surface area contributed by atoms with Gasteiger partial charge in [0.1, 0.15) is 0 Å². The molecule has 2 aromatic carbocycles. The summed E-state index contributed by atoms with van der Waals surface area (Å²) in [6.45, 7) is 0.